The molecule has 8 heteroatoms. The maximum atomic E-state index is 12.9. The van der Waals surface area contributed by atoms with E-state index in [9.17, 15) is 9.59 Å². The Kier molecular flexibility index (Phi) is 6.93. The number of rotatable bonds is 5. The molecule has 0 aliphatic carbocycles. The summed E-state index contributed by atoms with van der Waals surface area (Å²) in [5.41, 5.74) is 3.51. The molecule has 1 aromatic heterocycles. The number of urea groups is 1. The monoisotopic (exact) mass is 474 g/mol. The third-order valence-corrected chi connectivity index (χ3v) is 6.38. The van der Waals surface area contributed by atoms with Crippen molar-refractivity contribution in [3.63, 3.8) is 0 Å². The van der Waals surface area contributed by atoms with Gasteiger partial charge in [0.15, 0.2) is 6.29 Å². The van der Waals surface area contributed by atoms with Crippen molar-refractivity contribution in [2.75, 3.05) is 10.6 Å². The van der Waals surface area contributed by atoms with Crippen LogP contribution in [0.25, 0.3) is 11.3 Å². The van der Waals surface area contributed by atoms with E-state index in [4.69, 9.17) is 5.10 Å². The van der Waals surface area contributed by atoms with Crippen molar-refractivity contribution < 1.29 is 9.59 Å². The molecule has 2 aromatic carbocycles. The molecule has 0 saturated carbocycles. The van der Waals surface area contributed by atoms with E-state index in [1.54, 1.807) is 4.68 Å². The second-order valence-corrected chi connectivity index (χ2v) is 10.0. The molecule has 0 bridgehead atoms. The maximum absolute atomic E-state index is 12.9. The van der Waals surface area contributed by atoms with Gasteiger partial charge in [-0.15, -0.1) is 0 Å². The van der Waals surface area contributed by atoms with Gasteiger partial charge in [-0.25, -0.2) is 9.48 Å². The number of amides is 3. The van der Waals surface area contributed by atoms with Crippen LogP contribution in [0.2, 0.25) is 0 Å². The minimum absolute atomic E-state index is 0.0325. The van der Waals surface area contributed by atoms with Crippen molar-refractivity contribution in [3.8, 4) is 11.3 Å². The van der Waals surface area contributed by atoms with E-state index in [0.717, 1.165) is 12.0 Å². The molecule has 1 saturated heterocycles. The third-order valence-electron chi connectivity index (χ3n) is 6.38. The van der Waals surface area contributed by atoms with E-state index in [0.29, 0.717) is 17.2 Å². The molecule has 2 heterocycles. The van der Waals surface area contributed by atoms with Crippen molar-refractivity contribution in [2.24, 2.45) is 5.92 Å². The molecular formula is C27H34N6O2. The first-order chi connectivity index (χ1) is 16.7. The standard InChI is InChI=1S/C27H34N6O2/c1-6-21-17(2)28-25(31-24(21)34)33-23(16-22(32-33)18-10-8-7-9-11-18)30-26(35)29-20-14-12-19(13-15-20)27(3,4)5/h7-17,21,25,28H,6H2,1-5H3,(H,31,34)(H2,29,30,35). The number of hydrogen-bond acceptors (Lipinski definition) is 4. The molecule has 0 radical (unpaired) electrons. The molecule has 4 rings (SSSR count). The summed E-state index contributed by atoms with van der Waals surface area (Å²) in [6.45, 7) is 10.4. The Labute approximate surface area is 206 Å². The summed E-state index contributed by atoms with van der Waals surface area (Å²) < 4.78 is 1.62. The SMILES string of the molecule is CCC1C(=O)NC(n2nc(-c3ccccc3)cc2NC(=O)Nc2ccc(C(C)(C)C)cc2)NC1C. The highest BCUT2D eigenvalue weighted by molar-refractivity contribution is 5.99. The molecule has 184 valence electrons. The second kappa shape index (κ2) is 9.92. The van der Waals surface area contributed by atoms with Crippen LogP contribution in [0.1, 0.15) is 52.9 Å². The van der Waals surface area contributed by atoms with Gasteiger partial charge in [0.1, 0.15) is 5.82 Å². The molecule has 0 spiro atoms. The lowest BCUT2D eigenvalue weighted by Gasteiger charge is -2.35. The minimum atomic E-state index is -0.584. The first-order valence-electron chi connectivity index (χ1n) is 12.1. The third kappa shape index (κ3) is 5.54. The average Bonchev–Trinajstić information content (AvgIpc) is 3.23. The van der Waals surface area contributed by atoms with Gasteiger partial charge >= 0.3 is 6.03 Å². The van der Waals surface area contributed by atoms with Gasteiger partial charge in [0.25, 0.3) is 0 Å². The maximum Gasteiger partial charge on any atom is 0.324 e. The normalized spacial score (nSPS) is 20.3. The lowest BCUT2D eigenvalue weighted by molar-refractivity contribution is -0.130. The largest absolute Gasteiger partial charge is 0.324 e. The molecule has 4 N–H and O–H groups in total. The van der Waals surface area contributed by atoms with Crippen molar-refractivity contribution >= 4 is 23.4 Å². The quantitative estimate of drug-likeness (QED) is 0.414. The molecule has 3 aromatic rings. The molecule has 1 aliphatic rings. The lowest BCUT2D eigenvalue weighted by atomic mass is 9.87. The molecule has 1 aliphatic heterocycles. The number of nitrogens with zero attached hydrogens (tertiary/aromatic N) is 2. The minimum Gasteiger partial charge on any atom is -0.322 e. The number of carbonyl (C=O) groups is 2. The first kappa shape index (κ1) is 24.5. The molecule has 3 unspecified atom stereocenters. The fraction of sp³-hybridized carbons (Fsp3) is 0.370. The Hall–Kier alpha value is -3.65. The Morgan fingerprint density at radius 1 is 1.06 bits per heavy atom. The summed E-state index contributed by atoms with van der Waals surface area (Å²) in [6, 6.07) is 18.9. The average molecular weight is 475 g/mol. The zero-order valence-electron chi connectivity index (χ0n) is 20.9. The lowest BCUT2D eigenvalue weighted by Crippen LogP contribution is -2.57. The Morgan fingerprint density at radius 2 is 1.74 bits per heavy atom. The molecule has 3 amide bonds. The summed E-state index contributed by atoms with van der Waals surface area (Å²) in [5.74, 6) is 0.314. The second-order valence-electron chi connectivity index (χ2n) is 10.0. The first-order valence-corrected chi connectivity index (χ1v) is 12.1. The van der Waals surface area contributed by atoms with Crippen LogP contribution in [0.5, 0.6) is 0 Å². The van der Waals surface area contributed by atoms with Crippen LogP contribution in [0, 0.1) is 5.92 Å². The van der Waals surface area contributed by atoms with Crippen LogP contribution < -0.4 is 21.3 Å². The van der Waals surface area contributed by atoms with Crippen LogP contribution in [0.15, 0.2) is 60.7 Å². The van der Waals surface area contributed by atoms with Gasteiger partial charge in [0, 0.05) is 23.4 Å². The van der Waals surface area contributed by atoms with E-state index < -0.39 is 12.3 Å². The summed E-state index contributed by atoms with van der Waals surface area (Å²) >= 11 is 0. The molecule has 35 heavy (non-hydrogen) atoms. The highest BCUT2D eigenvalue weighted by atomic mass is 16.2. The van der Waals surface area contributed by atoms with Crippen molar-refractivity contribution in [3.05, 3.63) is 66.2 Å². The van der Waals surface area contributed by atoms with Gasteiger partial charge in [0.05, 0.1) is 11.6 Å². The fourth-order valence-corrected chi connectivity index (χ4v) is 4.31. The van der Waals surface area contributed by atoms with Crippen molar-refractivity contribution in [1.29, 1.82) is 0 Å². The Balaban J connectivity index is 1.58. The zero-order chi connectivity index (χ0) is 25.2. The number of hydrogen-bond donors (Lipinski definition) is 4. The zero-order valence-corrected chi connectivity index (χ0v) is 20.9. The topological polar surface area (TPSA) is 100 Å². The molecule has 8 nitrogen and oxygen atoms in total. The highest BCUT2D eigenvalue weighted by Gasteiger charge is 2.34. The van der Waals surface area contributed by atoms with Gasteiger partial charge < -0.3 is 10.6 Å². The smallest absolute Gasteiger partial charge is 0.322 e. The van der Waals surface area contributed by atoms with Crippen LogP contribution in [-0.4, -0.2) is 27.8 Å². The van der Waals surface area contributed by atoms with Crippen LogP contribution in [0.4, 0.5) is 16.3 Å². The summed E-state index contributed by atoms with van der Waals surface area (Å²) in [5, 5.41) is 16.9. The van der Waals surface area contributed by atoms with Crippen LogP contribution >= 0.6 is 0 Å². The van der Waals surface area contributed by atoms with E-state index in [2.05, 4.69) is 42.0 Å². The predicted octanol–water partition coefficient (Wildman–Crippen LogP) is 5.08. The van der Waals surface area contributed by atoms with Gasteiger partial charge in [-0.2, -0.15) is 5.10 Å². The van der Waals surface area contributed by atoms with Gasteiger partial charge in [0.2, 0.25) is 5.91 Å². The van der Waals surface area contributed by atoms with Gasteiger partial charge in [-0.3, -0.25) is 15.4 Å². The number of anilines is 2. The van der Waals surface area contributed by atoms with E-state index in [1.165, 1.54) is 5.56 Å². The van der Waals surface area contributed by atoms with Gasteiger partial charge in [-0.1, -0.05) is 70.2 Å². The summed E-state index contributed by atoms with van der Waals surface area (Å²) in [7, 11) is 0. The summed E-state index contributed by atoms with van der Waals surface area (Å²) in [6.07, 6.45) is 0.155. The highest BCUT2D eigenvalue weighted by Crippen LogP contribution is 2.27. The Bertz CT molecular complexity index is 1180. The number of carbonyl (C=O) groups excluding carboxylic acids is 2. The van der Waals surface area contributed by atoms with Crippen molar-refractivity contribution in [2.45, 2.75) is 58.8 Å². The van der Waals surface area contributed by atoms with E-state index in [1.807, 2.05) is 74.5 Å². The number of benzene rings is 2. The van der Waals surface area contributed by atoms with Crippen molar-refractivity contribution in [1.82, 2.24) is 20.4 Å². The van der Waals surface area contributed by atoms with Crippen LogP contribution in [0.3, 0.4) is 0 Å². The van der Waals surface area contributed by atoms with E-state index in [-0.39, 0.29) is 23.3 Å². The number of nitrogens with one attached hydrogen (secondary N) is 4. The molecule has 3 atom stereocenters. The van der Waals surface area contributed by atoms with E-state index >= 15 is 0 Å². The van der Waals surface area contributed by atoms with Crippen LogP contribution in [-0.2, 0) is 10.2 Å². The summed E-state index contributed by atoms with van der Waals surface area (Å²) in [4.78, 5) is 25.6. The number of aromatic nitrogens is 2. The molecular weight excluding hydrogens is 440 g/mol. The van der Waals surface area contributed by atoms with Gasteiger partial charge in [-0.05, 0) is 36.5 Å². The predicted molar refractivity (Wildman–Crippen MR) is 139 cm³/mol. The fourth-order valence-electron chi connectivity index (χ4n) is 4.31. The molecule has 1 fully saturated rings. The Morgan fingerprint density at radius 3 is 2.34 bits per heavy atom.